The van der Waals surface area contributed by atoms with Crippen LogP contribution in [-0.4, -0.2) is 46.0 Å². The molecule has 1 aliphatic rings. The quantitative estimate of drug-likeness (QED) is 0.205. The minimum atomic E-state index is -2.92. The van der Waals surface area contributed by atoms with Crippen molar-refractivity contribution in [3.05, 3.63) is 0 Å². The van der Waals surface area contributed by atoms with Crippen LogP contribution in [0.25, 0.3) is 0 Å². The second-order valence-corrected chi connectivity index (χ2v) is 9.25. The lowest BCUT2D eigenvalue weighted by molar-refractivity contribution is -0.137. The molecule has 0 aromatic heterocycles. The van der Waals surface area contributed by atoms with Crippen molar-refractivity contribution in [3.8, 4) is 0 Å². The molecule has 8 heteroatoms. The molecule has 2 N–H and O–H groups in total. The van der Waals surface area contributed by atoms with Crippen LogP contribution in [0.3, 0.4) is 0 Å². The molecule has 1 saturated heterocycles. The van der Waals surface area contributed by atoms with Gasteiger partial charge in [0.05, 0.1) is 6.10 Å². The van der Waals surface area contributed by atoms with Gasteiger partial charge in [0.15, 0.2) is 0 Å². The second kappa shape index (κ2) is 17.7. The first-order chi connectivity index (χ1) is 14.5. The maximum absolute atomic E-state index is 12.2. The number of nitrogens with zero attached hydrogens (tertiary/aromatic N) is 1. The summed E-state index contributed by atoms with van der Waals surface area (Å²) in [7, 11) is -2.92. The first-order valence-electron chi connectivity index (χ1n) is 11.9. The fourth-order valence-corrected chi connectivity index (χ4v) is 4.50. The van der Waals surface area contributed by atoms with Crippen molar-refractivity contribution in [2.24, 2.45) is 0 Å². The predicted molar refractivity (Wildman–Crippen MR) is 119 cm³/mol. The van der Waals surface area contributed by atoms with Crippen molar-refractivity contribution >= 4 is 20.1 Å². The molecule has 0 bridgehead atoms. The molecule has 0 aliphatic carbocycles. The van der Waals surface area contributed by atoms with Crippen LogP contribution in [0.1, 0.15) is 109 Å². The third kappa shape index (κ3) is 15.0. The fraction of sp³-hybridized carbons (Fsp3) is 0.909. The number of aliphatic carboxylic acids is 1. The highest BCUT2D eigenvalue weighted by Gasteiger charge is 2.27. The first kappa shape index (κ1) is 27.1. The van der Waals surface area contributed by atoms with Gasteiger partial charge in [-0.05, 0) is 19.3 Å². The zero-order valence-corrected chi connectivity index (χ0v) is 19.5. The van der Waals surface area contributed by atoms with Crippen molar-refractivity contribution < 1.29 is 28.7 Å². The molecule has 1 aliphatic heterocycles. The summed E-state index contributed by atoms with van der Waals surface area (Å²) in [6.45, 7) is 1.07. The molecule has 176 valence electrons. The number of hydrogen-bond acceptors (Lipinski definition) is 4. The van der Waals surface area contributed by atoms with E-state index in [1.54, 1.807) is 4.90 Å². The van der Waals surface area contributed by atoms with Crippen molar-refractivity contribution in [2.45, 2.75) is 115 Å². The molecule has 1 fully saturated rings. The number of unbranched alkanes of at least 4 members (excludes halogenated alkanes) is 13. The van der Waals surface area contributed by atoms with Crippen LogP contribution in [0.15, 0.2) is 0 Å². The molecule has 0 aromatic carbocycles. The number of carbonyl (C=O) groups excluding carboxylic acids is 1. The number of carbonyl (C=O) groups is 2. The summed E-state index contributed by atoms with van der Waals surface area (Å²) < 4.78 is 15.6. The van der Waals surface area contributed by atoms with E-state index in [9.17, 15) is 14.2 Å². The normalized spacial score (nSPS) is 17.4. The zero-order chi connectivity index (χ0) is 22.0. The van der Waals surface area contributed by atoms with Crippen molar-refractivity contribution in [1.82, 2.24) is 4.90 Å². The summed E-state index contributed by atoms with van der Waals surface area (Å²) in [5, 5.41) is 8.58. The first-order valence-corrected chi connectivity index (χ1v) is 13.1. The minimum absolute atomic E-state index is 0.139. The van der Waals surface area contributed by atoms with E-state index in [1.165, 1.54) is 57.8 Å². The van der Waals surface area contributed by atoms with E-state index in [0.29, 0.717) is 32.4 Å². The Bertz CT molecular complexity index is 502. The molecule has 0 spiro atoms. The molecule has 0 aromatic rings. The van der Waals surface area contributed by atoms with Gasteiger partial charge in [0.25, 0.3) is 0 Å². The van der Waals surface area contributed by atoms with E-state index in [-0.39, 0.29) is 12.0 Å². The Balaban J connectivity index is 1.80. The third-order valence-electron chi connectivity index (χ3n) is 5.80. The highest BCUT2D eigenvalue weighted by molar-refractivity contribution is 7.32. The molecule has 7 nitrogen and oxygen atoms in total. The molecule has 30 heavy (non-hydrogen) atoms. The molecule has 1 unspecified atom stereocenters. The molecule has 2 atom stereocenters. The van der Waals surface area contributed by atoms with Gasteiger partial charge in [-0.2, -0.15) is 0 Å². The van der Waals surface area contributed by atoms with Gasteiger partial charge in [-0.15, -0.1) is 0 Å². The maximum Gasteiger partial charge on any atom is 0.316 e. The Labute approximate surface area is 182 Å². The largest absolute Gasteiger partial charge is 0.481 e. The number of likely N-dealkylation sites (tertiary alicyclic amines) is 1. The van der Waals surface area contributed by atoms with Gasteiger partial charge < -0.3 is 19.4 Å². The lowest BCUT2D eigenvalue weighted by atomic mass is 10.0. The molecule has 0 saturated carbocycles. The summed E-state index contributed by atoms with van der Waals surface area (Å²) in [5.74, 6) is -0.545. The predicted octanol–water partition coefficient (Wildman–Crippen LogP) is 5.31. The highest BCUT2D eigenvalue weighted by Crippen LogP contribution is 2.24. The Morgan fingerprint density at radius 2 is 1.23 bits per heavy atom. The third-order valence-corrected chi connectivity index (χ3v) is 6.33. The van der Waals surface area contributed by atoms with Crippen LogP contribution >= 0.6 is 8.25 Å². The lowest BCUT2D eigenvalue weighted by Crippen LogP contribution is -2.29. The van der Waals surface area contributed by atoms with Crippen LogP contribution in [0.5, 0.6) is 0 Å². The van der Waals surface area contributed by atoms with Gasteiger partial charge in [0, 0.05) is 25.9 Å². The summed E-state index contributed by atoms with van der Waals surface area (Å²) in [4.78, 5) is 33.1. The minimum Gasteiger partial charge on any atom is -0.481 e. The van der Waals surface area contributed by atoms with Crippen LogP contribution in [0.4, 0.5) is 0 Å². The molecular weight excluding hydrogens is 405 g/mol. The van der Waals surface area contributed by atoms with Gasteiger partial charge >= 0.3 is 14.2 Å². The number of rotatable bonds is 19. The van der Waals surface area contributed by atoms with Crippen LogP contribution < -0.4 is 0 Å². The standard InChI is InChI=1S/C22H42NO6P/c24-21(23-18-17-20(19-23)29-30(27)28)15-13-11-9-7-5-3-1-2-4-6-8-10-12-14-16-22(25)26/h20,30H,1-19H2,(H,25,26)(H,27,28)/t20-/m0/s1. The topological polar surface area (TPSA) is 104 Å². The Morgan fingerprint density at radius 3 is 1.67 bits per heavy atom. The van der Waals surface area contributed by atoms with Crippen LogP contribution in [-0.2, 0) is 18.7 Å². The van der Waals surface area contributed by atoms with E-state index in [1.807, 2.05) is 0 Å². The van der Waals surface area contributed by atoms with E-state index < -0.39 is 14.2 Å². The maximum atomic E-state index is 12.2. The van der Waals surface area contributed by atoms with Crippen LogP contribution in [0.2, 0.25) is 0 Å². The number of amides is 1. The average Bonchev–Trinajstić information content (AvgIpc) is 3.15. The molecule has 1 heterocycles. The summed E-state index contributed by atoms with van der Waals surface area (Å²) >= 11 is 0. The summed E-state index contributed by atoms with van der Waals surface area (Å²) in [6.07, 6.45) is 17.6. The van der Waals surface area contributed by atoms with Gasteiger partial charge in [0.1, 0.15) is 0 Å². The molecule has 1 amide bonds. The summed E-state index contributed by atoms with van der Waals surface area (Å²) in [6, 6.07) is 0. The van der Waals surface area contributed by atoms with Crippen molar-refractivity contribution in [3.63, 3.8) is 0 Å². The van der Waals surface area contributed by atoms with Gasteiger partial charge in [0.2, 0.25) is 5.91 Å². The highest BCUT2D eigenvalue weighted by atomic mass is 31.1. The van der Waals surface area contributed by atoms with E-state index in [4.69, 9.17) is 14.5 Å². The molecule has 0 radical (unpaired) electrons. The second-order valence-electron chi connectivity index (χ2n) is 8.48. The van der Waals surface area contributed by atoms with Gasteiger partial charge in [-0.25, -0.2) is 0 Å². The van der Waals surface area contributed by atoms with Crippen molar-refractivity contribution in [2.75, 3.05) is 13.1 Å². The molecular formula is C22H42NO6P. The fourth-order valence-electron chi connectivity index (χ4n) is 4.03. The van der Waals surface area contributed by atoms with E-state index in [2.05, 4.69) is 0 Å². The lowest BCUT2D eigenvalue weighted by Gasteiger charge is -2.16. The van der Waals surface area contributed by atoms with Crippen molar-refractivity contribution in [1.29, 1.82) is 0 Å². The van der Waals surface area contributed by atoms with E-state index in [0.717, 1.165) is 32.1 Å². The van der Waals surface area contributed by atoms with Gasteiger partial charge in [-0.3, -0.25) is 14.2 Å². The zero-order valence-electron chi connectivity index (χ0n) is 18.5. The Kier molecular flexibility index (Phi) is 16.0. The van der Waals surface area contributed by atoms with Crippen LogP contribution in [0, 0.1) is 0 Å². The number of hydrogen-bond donors (Lipinski definition) is 2. The Hall–Kier alpha value is -0.910. The van der Waals surface area contributed by atoms with E-state index >= 15 is 0 Å². The monoisotopic (exact) mass is 447 g/mol. The number of carboxylic acids is 1. The average molecular weight is 448 g/mol. The Morgan fingerprint density at radius 1 is 0.800 bits per heavy atom. The smallest absolute Gasteiger partial charge is 0.316 e. The van der Waals surface area contributed by atoms with Gasteiger partial charge in [-0.1, -0.05) is 77.0 Å². The summed E-state index contributed by atoms with van der Waals surface area (Å²) in [5.41, 5.74) is 0. The number of carboxylic acid groups (broad SMARTS) is 1. The molecule has 1 rings (SSSR count). The SMILES string of the molecule is O=C(O)CCCCCCCCCCCCCCCCC(=O)N1CC[C@H](O[PH](=O)O)C1.